The first-order valence-electron chi connectivity index (χ1n) is 30.2. The highest BCUT2D eigenvalue weighted by atomic mass is 33.1. The number of amides is 8. The second-order valence-electron chi connectivity index (χ2n) is 22.0. The van der Waals surface area contributed by atoms with E-state index in [0.717, 1.165) is 44.5 Å². The minimum atomic E-state index is -0.620. The summed E-state index contributed by atoms with van der Waals surface area (Å²) in [7, 11) is 2.75. The fourth-order valence-electron chi connectivity index (χ4n) is 11.2. The molecular formula is C73H74N8O8S4. The van der Waals surface area contributed by atoms with Crippen molar-refractivity contribution in [2.45, 2.75) is 66.0 Å². The fraction of sp³-hybridized carbons (Fsp3) is 0.233. The molecule has 4 fully saturated rings. The maximum absolute atomic E-state index is 13.1. The average Bonchev–Trinajstić information content (AvgIpc) is 0.782. The molecule has 6 atom stereocenters. The van der Waals surface area contributed by atoms with Gasteiger partial charge in [-0.3, -0.25) is 38.4 Å². The first kappa shape index (κ1) is 68.3. The van der Waals surface area contributed by atoms with E-state index in [1.54, 1.807) is 23.5 Å². The molecule has 0 saturated carbocycles. The zero-order valence-corrected chi connectivity index (χ0v) is 53.4. The third kappa shape index (κ3) is 17.5. The van der Waals surface area contributed by atoms with Gasteiger partial charge in [0.15, 0.2) is 0 Å². The van der Waals surface area contributed by atoms with Crippen LogP contribution >= 0.6 is 45.1 Å². The van der Waals surface area contributed by atoms with Crippen molar-refractivity contribution in [2.75, 3.05) is 36.1 Å². The second kappa shape index (κ2) is 33.5. The predicted octanol–water partition coefficient (Wildman–Crippen LogP) is 8.11. The highest BCUT2D eigenvalue weighted by Gasteiger charge is 2.42. The topological polar surface area (TPSA) is 233 Å². The molecule has 93 heavy (non-hydrogen) atoms. The van der Waals surface area contributed by atoms with Crippen molar-refractivity contribution >= 4 is 92.4 Å². The monoisotopic (exact) mass is 1320 g/mol. The summed E-state index contributed by atoms with van der Waals surface area (Å²) < 4.78 is -1.05. The molecule has 0 radical (unpaired) electrons. The Morgan fingerprint density at radius 2 is 0.505 bits per heavy atom. The molecule has 0 unspecified atom stereocenters. The molecule has 8 N–H and O–H groups in total. The molecule has 0 aromatic heterocycles. The number of nitrogens with one attached hydrogen (secondary N) is 8. The zero-order valence-electron chi connectivity index (χ0n) is 50.1. The Hall–Kier alpha value is -9.08. The summed E-state index contributed by atoms with van der Waals surface area (Å²) in [6.45, 7) is 0.0484. The van der Waals surface area contributed by atoms with Gasteiger partial charge in [-0.05, 0) is 44.5 Å². The highest BCUT2D eigenvalue weighted by Crippen LogP contribution is 2.50. The van der Waals surface area contributed by atoms with E-state index < -0.39 is 45.7 Å². The predicted molar refractivity (Wildman–Crippen MR) is 373 cm³/mol. The first-order chi connectivity index (χ1) is 44.9. The molecule has 0 spiro atoms. The standard InChI is InChI=1S/C31H28N2O2S.C24H22N2O2S.C17H20N4O4S2.CH4/c34-29-27(21-23-13-5-1-6-14-23)32-30(35)28(33-29)22-36-31(24-15-7-2-8-16-24,25-17-9-3-10-18-25)26-19-11-4-12-20-26;27-22-16-25-23(28)21(26-22)17-29-24(18-10-4-1-5-11-18,19-12-6-2-7-13-19)20-14-8-3-9-15-20;22-14-7-18-15(23)12(19-14)8-26-27-9-13-17(25)20-11(16(24)21-13)6-10-4-2-1-3-5-10;/h1-20,27-28H,21-22H2,(H,32,35)(H,33,34);1-15,21H,16-17H2,(H,25,28)(H,26,27);1-5,11-13H,6-9H2,(H,18,23)(H,19,22)(H,20,25)(H,21,24);1H4/t27-,28+;21-;11-,12-,13+;/m100./s1. The van der Waals surface area contributed by atoms with E-state index in [1.165, 1.54) is 21.6 Å². The molecule has 0 bridgehead atoms. The van der Waals surface area contributed by atoms with Crippen LogP contribution in [-0.2, 0) is 60.7 Å². The summed E-state index contributed by atoms with van der Waals surface area (Å²) in [6.07, 6.45) is 0.920. The van der Waals surface area contributed by atoms with E-state index in [-0.39, 0.29) is 67.8 Å². The van der Waals surface area contributed by atoms with Gasteiger partial charge in [0.2, 0.25) is 47.3 Å². The molecule has 8 aromatic carbocycles. The van der Waals surface area contributed by atoms with Gasteiger partial charge in [0.1, 0.15) is 36.3 Å². The van der Waals surface area contributed by atoms with E-state index in [0.29, 0.717) is 35.9 Å². The SMILES string of the molecule is C.O=C1CNC(=O)[C@H](CSC(c2ccccc2)(c2ccccc2)c2ccccc2)N1.O=C1CNC(=O)[C@H](CSSC[C@H]2NC(=O)[C@H](Cc3ccccc3)NC2=O)N1.O=C1N[C@H](Cc2ccccc2)C(=O)N[C@H]1CSC(c1ccccc1)(c1ccccc1)c1ccccc1. The lowest BCUT2D eigenvalue weighted by molar-refractivity contribution is -0.136. The number of thioether (sulfide) groups is 2. The van der Waals surface area contributed by atoms with Crippen molar-refractivity contribution in [2.24, 2.45) is 0 Å². The van der Waals surface area contributed by atoms with Gasteiger partial charge in [-0.2, -0.15) is 0 Å². The largest absolute Gasteiger partial charge is 0.345 e. The molecular weight excluding hydrogens is 1250 g/mol. The maximum atomic E-state index is 13.1. The quantitative estimate of drug-likeness (QED) is 0.0194. The molecule has 4 heterocycles. The van der Waals surface area contributed by atoms with Gasteiger partial charge in [0.25, 0.3) is 0 Å². The summed E-state index contributed by atoms with van der Waals surface area (Å²) in [5.74, 6) is 0.220. The molecule has 478 valence electrons. The lowest BCUT2D eigenvalue weighted by Crippen LogP contribution is -2.63. The third-order valence-corrected chi connectivity index (χ3v) is 21.5. The second-order valence-corrected chi connectivity index (χ2v) is 27.1. The van der Waals surface area contributed by atoms with Gasteiger partial charge in [-0.15, -0.1) is 23.5 Å². The highest BCUT2D eigenvalue weighted by molar-refractivity contribution is 8.76. The number of carbonyl (C=O) groups excluding carboxylic acids is 8. The molecule has 0 aliphatic carbocycles. The van der Waals surface area contributed by atoms with Crippen LogP contribution in [0.2, 0.25) is 0 Å². The zero-order chi connectivity index (χ0) is 64.1. The Balaban J connectivity index is 0.000000166. The van der Waals surface area contributed by atoms with Gasteiger partial charge in [0.05, 0.1) is 22.6 Å². The van der Waals surface area contributed by atoms with Crippen molar-refractivity contribution in [3.05, 3.63) is 287 Å². The minimum Gasteiger partial charge on any atom is -0.345 e. The molecule has 20 heteroatoms. The van der Waals surface area contributed by atoms with Gasteiger partial charge >= 0.3 is 0 Å². The van der Waals surface area contributed by atoms with Gasteiger partial charge < -0.3 is 42.5 Å². The Kier molecular flexibility index (Phi) is 24.6. The molecule has 4 aliphatic rings. The van der Waals surface area contributed by atoms with E-state index in [1.807, 2.05) is 170 Å². The summed E-state index contributed by atoms with van der Waals surface area (Å²) >= 11 is 3.34. The van der Waals surface area contributed by atoms with Gasteiger partial charge in [-0.1, -0.05) is 272 Å². The molecule has 12 rings (SSSR count). The Bertz CT molecular complexity index is 3590. The van der Waals surface area contributed by atoms with E-state index >= 15 is 0 Å². The van der Waals surface area contributed by atoms with Crippen molar-refractivity contribution in [1.29, 1.82) is 0 Å². The number of piperazine rings is 4. The van der Waals surface area contributed by atoms with Crippen molar-refractivity contribution in [1.82, 2.24) is 42.5 Å². The Labute approximate surface area is 559 Å². The molecule has 16 nitrogen and oxygen atoms in total. The van der Waals surface area contributed by atoms with Crippen LogP contribution in [0.5, 0.6) is 0 Å². The number of benzene rings is 8. The van der Waals surface area contributed by atoms with Crippen LogP contribution in [0.25, 0.3) is 0 Å². The van der Waals surface area contributed by atoms with E-state index in [9.17, 15) is 38.4 Å². The van der Waals surface area contributed by atoms with E-state index in [2.05, 4.69) is 115 Å². The van der Waals surface area contributed by atoms with Crippen LogP contribution < -0.4 is 42.5 Å². The Morgan fingerprint density at radius 3 is 0.796 bits per heavy atom. The van der Waals surface area contributed by atoms with E-state index in [4.69, 9.17) is 0 Å². The maximum Gasteiger partial charge on any atom is 0.244 e. The number of carbonyl (C=O) groups is 8. The van der Waals surface area contributed by atoms with Crippen molar-refractivity contribution < 1.29 is 38.4 Å². The lowest BCUT2D eigenvalue weighted by atomic mass is 9.84. The van der Waals surface area contributed by atoms with Crippen LogP contribution in [0.1, 0.15) is 51.9 Å². The summed E-state index contributed by atoms with van der Waals surface area (Å²) in [5.41, 5.74) is 8.75. The summed E-state index contributed by atoms with van der Waals surface area (Å²) in [4.78, 5) is 97.7. The van der Waals surface area contributed by atoms with Crippen molar-refractivity contribution in [3.63, 3.8) is 0 Å². The molecule has 4 aliphatic heterocycles. The minimum absolute atomic E-state index is 0. The van der Waals surface area contributed by atoms with Crippen LogP contribution in [-0.4, -0.2) is 120 Å². The van der Waals surface area contributed by atoms with Gasteiger partial charge in [0, 0.05) is 35.9 Å². The molecule has 4 saturated heterocycles. The number of hydrogen-bond donors (Lipinski definition) is 8. The molecule has 8 aromatic rings. The Morgan fingerprint density at radius 1 is 0.280 bits per heavy atom. The van der Waals surface area contributed by atoms with Crippen LogP contribution in [0.15, 0.2) is 243 Å². The lowest BCUT2D eigenvalue weighted by Gasteiger charge is -2.37. The molecule has 8 amide bonds. The number of hydrogen-bond acceptors (Lipinski definition) is 12. The fourth-order valence-corrected chi connectivity index (χ4v) is 16.6. The van der Waals surface area contributed by atoms with Crippen LogP contribution in [0, 0.1) is 0 Å². The van der Waals surface area contributed by atoms with Crippen LogP contribution in [0.3, 0.4) is 0 Å². The summed E-state index contributed by atoms with van der Waals surface area (Å²) in [6, 6.07) is 77.7. The smallest absolute Gasteiger partial charge is 0.244 e. The summed E-state index contributed by atoms with van der Waals surface area (Å²) in [5, 5.41) is 22.1. The number of rotatable bonds is 21. The average molecular weight is 1320 g/mol. The normalized spacial score (nSPS) is 19.4. The van der Waals surface area contributed by atoms with Gasteiger partial charge in [-0.25, -0.2) is 0 Å². The third-order valence-electron chi connectivity index (χ3n) is 15.8. The van der Waals surface area contributed by atoms with Crippen LogP contribution in [0.4, 0.5) is 0 Å². The first-order valence-corrected chi connectivity index (χ1v) is 34.6. The van der Waals surface area contributed by atoms with Crippen molar-refractivity contribution in [3.8, 4) is 0 Å².